The summed E-state index contributed by atoms with van der Waals surface area (Å²) in [5.74, 6) is 0.294. The van der Waals surface area contributed by atoms with Crippen molar-refractivity contribution in [3.05, 3.63) is 23.8 Å². The fourth-order valence-electron chi connectivity index (χ4n) is 3.41. The Kier molecular flexibility index (Phi) is 3.80. The zero-order chi connectivity index (χ0) is 16.7. The minimum absolute atomic E-state index is 0.0580. The molecule has 0 spiro atoms. The highest BCUT2D eigenvalue weighted by molar-refractivity contribution is 5.88. The van der Waals surface area contributed by atoms with Gasteiger partial charge < -0.3 is 24.2 Å². The number of amides is 1. The summed E-state index contributed by atoms with van der Waals surface area (Å²) in [5, 5.41) is 9.27. The van der Waals surface area contributed by atoms with Crippen LogP contribution in [0.25, 0.3) is 0 Å². The first-order valence-corrected chi connectivity index (χ1v) is 8.15. The summed E-state index contributed by atoms with van der Waals surface area (Å²) in [6.45, 7) is 1.85. The van der Waals surface area contributed by atoms with Gasteiger partial charge >= 0.3 is 5.97 Å². The second kappa shape index (κ2) is 5.98. The molecular formula is C17H19NO6. The molecule has 3 atom stereocenters. The molecule has 1 amide bonds. The summed E-state index contributed by atoms with van der Waals surface area (Å²) in [4.78, 5) is 25.5. The fraction of sp³-hybridized carbons (Fsp3) is 0.529. The van der Waals surface area contributed by atoms with Gasteiger partial charge in [-0.15, -0.1) is 0 Å². The molecule has 1 aromatic rings. The van der Waals surface area contributed by atoms with Gasteiger partial charge in [-0.2, -0.15) is 0 Å². The molecule has 2 fully saturated rings. The van der Waals surface area contributed by atoms with Gasteiger partial charge in [-0.25, -0.2) is 4.79 Å². The van der Waals surface area contributed by atoms with Crippen molar-refractivity contribution in [2.24, 2.45) is 5.92 Å². The molecule has 0 unspecified atom stereocenters. The minimum atomic E-state index is -1.01. The lowest BCUT2D eigenvalue weighted by atomic mass is 10.1. The van der Waals surface area contributed by atoms with Gasteiger partial charge in [-0.1, -0.05) is 6.07 Å². The Balaban J connectivity index is 1.47. The van der Waals surface area contributed by atoms with Gasteiger partial charge in [-0.05, 0) is 30.0 Å². The van der Waals surface area contributed by atoms with E-state index in [2.05, 4.69) is 0 Å². The van der Waals surface area contributed by atoms with Crippen LogP contribution in [-0.2, 0) is 14.3 Å². The topological polar surface area (TPSA) is 85.3 Å². The Labute approximate surface area is 139 Å². The van der Waals surface area contributed by atoms with E-state index in [-0.39, 0.29) is 24.3 Å². The van der Waals surface area contributed by atoms with Crippen LogP contribution in [0.4, 0.5) is 0 Å². The Morgan fingerprint density at radius 2 is 1.92 bits per heavy atom. The van der Waals surface area contributed by atoms with Crippen LogP contribution < -0.4 is 9.47 Å². The lowest BCUT2D eigenvalue weighted by molar-refractivity contribution is -0.158. The zero-order valence-corrected chi connectivity index (χ0v) is 13.1. The van der Waals surface area contributed by atoms with Crippen molar-refractivity contribution in [2.75, 3.05) is 33.0 Å². The summed E-state index contributed by atoms with van der Waals surface area (Å²) < 4.78 is 16.3. The Morgan fingerprint density at radius 3 is 2.71 bits per heavy atom. The van der Waals surface area contributed by atoms with Crippen molar-refractivity contribution < 1.29 is 28.9 Å². The number of nitrogens with zero attached hydrogens (tertiary/aromatic N) is 1. The van der Waals surface area contributed by atoms with Gasteiger partial charge in [0, 0.05) is 12.5 Å². The molecule has 128 valence electrons. The summed E-state index contributed by atoms with van der Waals surface area (Å²) in [7, 11) is 0. The van der Waals surface area contributed by atoms with Crippen molar-refractivity contribution in [3.8, 4) is 11.5 Å². The largest absolute Gasteiger partial charge is 0.486 e. The molecule has 1 saturated heterocycles. The van der Waals surface area contributed by atoms with Crippen molar-refractivity contribution in [1.29, 1.82) is 0 Å². The number of rotatable bonds is 3. The number of carbonyl (C=O) groups excluding carboxylic acids is 1. The van der Waals surface area contributed by atoms with E-state index in [0.29, 0.717) is 32.1 Å². The summed E-state index contributed by atoms with van der Waals surface area (Å²) >= 11 is 0. The van der Waals surface area contributed by atoms with E-state index < -0.39 is 12.0 Å². The Morgan fingerprint density at radius 1 is 1.12 bits per heavy atom. The van der Waals surface area contributed by atoms with Crippen molar-refractivity contribution in [2.45, 2.75) is 18.4 Å². The third-order valence-corrected chi connectivity index (χ3v) is 4.80. The maximum atomic E-state index is 12.7. The zero-order valence-electron chi connectivity index (χ0n) is 13.1. The molecule has 4 rings (SSSR count). The molecular weight excluding hydrogens is 314 g/mol. The third kappa shape index (κ3) is 2.69. The molecule has 2 aliphatic heterocycles. The predicted molar refractivity (Wildman–Crippen MR) is 82.2 cm³/mol. The van der Waals surface area contributed by atoms with Crippen LogP contribution in [0, 0.1) is 5.92 Å². The smallest absolute Gasteiger partial charge is 0.328 e. The normalized spacial score (nSPS) is 28.3. The van der Waals surface area contributed by atoms with E-state index in [1.54, 1.807) is 0 Å². The Hall–Kier alpha value is -2.28. The molecule has 1 N–H and O–H groups in total. The van der Waals surface area contributed by atoms with Crippen molar-refractivity contribution >= 4 is 11.9 Å². The summed E-state index contributed by atoms with van der Waals surface area (Å²) in [5.41, 5.74) is 1.04. The van der Waals surface area contributed by atoms with Crippen LogP contribution in [0.5, 0.6) is 11.5 Å². The van der Waals surface area contributed by atoms with E-state index in [1.807, 2.05) is 18.2 Å². The number of benzene rings is 1. The summed E-state index contributed by atoms with van der Waals surface area (Å²) in [6, 6.07) is 4.88. The van der Waals surface area contributed by atoms with E-state index in [4.69, 9.17) is 14.2 Å². The number of hydrogen-bond donors (Lipinski definition) is 1. The van der Waals surface area contributed by atoms with E-state index >= 15 is 0 Å². The highest BCUT2D eigenvalue weighted by Gasteiger charge is 2.48. The van der Waals surface area contributed by atoms with Gasteiger partial charge in [0.1, 0.15) is 13.2 Å². The van der Waals surface area contributed by atoms with Gasteiger partial charge in [0.05, 0.1) is 13.2 Å². The number of hydrogen-bond acceptors (Lipinski definition) is 5. The van der Waals surface area contributed by atoms with E-state index in [0.717, 1.165) is 17.7 Å². The van der Waals surface area contributed by atoms with Crippen LogP contribution in [0.3, 0.4) is 0 Å². The average molecular weight is 333 g/mol. The van der Waals surface area contributed by atoms with Gasteiger partial charge in [0.15, 0.2) is 17.5 Å². The third-order valence-electron chi connectivity index (χ3n) is 4.80. The SMILES string of the molecule is O=C(O)[C@@H]1COCCN1C(=O)[C@@H]1C[C@H]1c1ccc2c(c1)OCCO2. The number of morpholine rings is 1. The van der Waals surface area contributed by atoms with Crippen molar-refractivity contribution in [1.82, 2.24) is 4.90 Å². The highest BCUT2D eigenvalue weighted by atomic mass is 16.6. The maximum absolute atomic E-state index is 12.7. The second-order valence-electron chi connectivity index (χ2n) is 6.31. The van der Waals surface area contributed by atoms with Crippen LogP contribution in [0.1, 0.15) is 17.9 Å². The van der Waals surface area contributed by atoms with E-state index in [1.165, 1.54) is 4.90 Å². The lowest BCUT2D eigenvalue weighted by Crippen LogP contribution is -2.53. The monoisotopic (exact) mass is 333 g/mol. The Bertz CT molecular complexity index is 675. The fourth-order valence-corrected chi connectivity index (χ4v) is 3.41. The number of carboxylic acid groups (broad SMARTS) is 1. The minimum Gasteiger partial charge on any atom is -0.486 e. The van der Waals surface area contributed by atoms with Gasteiger partial charge in [-0.3, -0.25) is 4.79 Å². The number of carbonyl (C=O) groups is 2. The molecule has 3 aliphatic rings. The number of aliphatic carboxylic acids is 1. The molecule has 0 bridgehead atoms. The quantitative estimate of drug-likeness (QED) is 0.884. The first-order chi connectivity index (χ1) is 11.6. The average Bonchev–Trinajstić information content (AvgIpc) is 3.41. The number of ether oxygens (including phenoxy) is 3. The molecule has 24 heavy (non-hydrogen) atoms. The molecule has 1 aliphatic carbocycles. The molecule has 1 saturated carbocycles. The second-order valence-corrected chi connectivity index (χ2v) is 6.31. The molecule has 0 radical (unpaired) electrons. The first kappa shape index (κ1) is 15.3. The highest BCUT2D eigenvalue weighted by Crippen LogP contribution is 2.50. The predicted octanol–water partition coefficient (Wildman–Crippen LogP) is 0.873. The lowest BCUT2D eigenvalue weighted by Gasteiger charge is -2.33. The number of carboxylic acids is 1. The molecule has 7 nitrogen and oxygen atoms in total. The number of fused-ring (bicyclic) bond motifs is 1. The summed E-state index contributed by atoms with van der Waals surface area (Å²) in [6.07, 6.45) is 0.738. The van der Waals surface area contributed by atoms with Crippen LogP contribution >= 0.6 is 0 Å². The molecule has 2 heterocycles. The van der Waals surface area contributed by atoms with Crippen molar-refractivity contribution in [3.63, 3.8) is 0 Å². The maximum Gasteiger partial charge on any atom is 0.328 e. The van der Waals surface area contributed by atoms with Gasteiger partial charge in [0.2, 0.25) is 5.91 Å². The van der Waals surface area contributed by atoms with Crippen LogP contribution in [0.2, 0.25) is 0 Å². The van der Waals surface area contributed by atoms with E-state index in [9.17, 15) is 14.7 Å². The van der Waals surface area contributed by atoms with Crippen LogP contribution in [-0.4, -0.2) is 60.9 Å². The standard InChI is InChI=1S/C17H19NO6/c19-16(18-3-4-22-9-13(18)17(20)21)12-8-11(12)10-1-2-14-15(7-10)24-6-5-23-14/h1-2,7,11-13H,3-6,8-9H2,(H,20,21)/t11-,12+,13-/m0/s1. The van der Waals surface area contributed by atoms with Gasteiger partial charge in [0.25, 0.3) is 0 Å². The molecule has 1 aromatic carbocycles. The molecule has 7 heteroatoms. The first-order valence-electron chi connectivity index (χ1n) is 8.15. The van der Waals surface area contributed by atoms with Crippen LogP contribution in [0.15, 0.2) is 18.2 Å². The molecule has 0 aromatic heterocycles.